The lowest BCUT2D eigenvalue weighted by molar-refractivity contribution is -0.235. The Kier molecular flexibility index (Phi) is 2.37. The molecule has 3 rings (SSSR count). The summed E-state index contributed by atoms with van der Waals surface area (Å²) in [5, 5.41) is 0. The Bertz CT molecular complexity index is 301. The standard InChI is InChI=1S/C13H20O3/c1-10-4-2-5-11(14)12(10)6-3-7-13(12)15-8-9-16-13/h10H,2-9H2,1H3/t10-,12-/m1/s1. The van der Waals surface area contributed by atoms with E-state index in [9.17, 15) is 4.79 Å². The molecule has 2 atom stereocenters. The summed E-state index contributed by atoms with van der Waals surface area (Å²) in [6.45, 7) is 3.51. The SMILES string of the molecule is C[C@@H]1CCCC(=O)[C@@]12CCCC21OCCO1. The fraction of sp³-hybridized carbons (Fsp3) is 0.923. The Morgan fingerprint density at radius 3 is 2.62 bits per heavy atom. The van der Waals surface area contributed by atoms with Gasteiger partial charge in [0.15, 0.2) is 5.79 Å². The van der Waals surface area contributed by atoms with E-state index in [1.54, 1.807) is 0 Å². The molecule has 2 aliphatic carbocycles. The topological polar surface area (TPSA) is 35.5 Å². The van der Waals surface area contributed by atoms with Gasteiger partial charge in [-0.25, -0.2) is 0 Å². The highest BCUT2D eigenvalue weighted by Crippen LogP contribution is 2.59. The first kappa shape index (κ1) is 10.7. The van der Waals surface area contributed by atoms with Crippen LogP contribution in [0.5, 0.6) is 0 Å². The van der Waals surface area contributed by atoms with Gasteiger partial charge in [0.2, 0.25) is 0 Å². The summed E-state index contributed by atoms with van der Waals surface area (Å²) in [6, 6.07) is 0. The lowest BCUT2D eigenvalue weighted by Gasteiger charge is -2.47. The minimum Gasteiger partial charge on any atom is -0.346 e. The van der Waals surface area contributed by atoms with Gasteiger partial charge in [0.25, 0.3) is 0 Å². The van der Waals surface area contributed by atoms with Gasteiger partial charge in [-0.2, -0.15) is 0 Å². The number of rotatable bonds is 0. The monoisotopic (exact) mass is 224 g/mol. The predicted octanol–water partition coefficient (Wildman–Crippen LogP) is 2.29. The molecule has 90 valence electrons. The third-order valence-corrected chi connectivity index (χ3v) is 4.89. The summed E-state index contributed by atoms with van der Waals surface area (Å²) in [7, 11) is 0. The second-order valence-corrected chi connectivity index (χ2v) is 5.49. The zero-order valence-corrected chi connectivity index (χ0v) is 9.96. The number of hydrogen-bond acceptors (Lipinski definition) is 3. The first-order valence-corrected chi connectivity index (χ1v) is 6.52. The van der Waals surface area contributed by atoms with Crippen LogP contribution in [0.25, 0.3) is 0 Å². The third-order valence-electron chi connectivity index (χ3n) is 4.89. The lowest BCUT2D eigenvalue weighted by atomic mass is 9.62. The van der Waals surface area contributed by atoms with E-state index < -0.39 is 5.79 Å². The number of fused-ring (bicyclic) bond motifs is 1. The number of ketones is 1. The maximum absolute atomic E-state index is 12.4. The molecule has 1 aliphatic heterocycles. The quantitative estimate of drug-likeness (QED) is 0.633. The van der Waals surface area contributed by atoms with E-state index in [2.05, 4.69) is 6.92 Å². The molecule has 3 heteroatoms. The van der Waals surface area contributed by atoms with E-state index in [4.69, 9.17) is 9.47 Å². The van der Waals surface area contributed by atoms with E-state index in [1.165, 1.54) is 0 Å². The first-order chi connectivity index (χ1) is 7.71. The van der Waals surface area contributed by atoms with Crippen LogP contribution in [0.4, 0.5) is 0 Å². The Hall–Kier alpha value is -0.410. The van der Waals surface area contributed by atoms with Gasteiger partial charge in [-0.05, 0) is 31.6 Å². The second-order valence-electron chi connectivity index (χ2n) is 5.49. The number of hydrogen-bond donors (Lipinski definition) is 0. The van der Waals surface area contributed by atoms with Gasteiger partial charge in [0.05, 0.1) is 18.6 Å². The molecular weight excluding hydrogens is 204 g/mol. The average molecular weight is 224 g/mol. The van der Waals surface area contributed by atoms with Crippen molar-refractivity contribution in [3.63, 3.8) is 0 Å². The van der Waals surface area contributed by atoms with E-state index >= 15 is 0 Å². The zero-order chi connectivity index (χ0) is 11.2. The van der Waals surface area contributed by atoms with E-state index in [1.807, 2.05) is 0 Å². The molecule has 0 unspecified atom stereocenters. The molecule has 1 heterocycles. The number of carbonyl (C=O) groups is 1. The van der Waals surface area contributed by atoms with Crippen molar-refractivity contribution in [3.8, 4) is 0 Å². The molecule has 2 saturated carbocycles. The van der Waals surface area contributed by atoms with Gasteiger partial charge in [-0.15, -0.1) is 0 Å². The molecule has 0 bridgehead atoms. The number of carbonyl (C=O) groups excluding carboxylic acids is 1. The summed E-state index contributed by atoms with van der Waals surface area (Å²) < 4.78 is 11.8. The molecule has 3 aliphatic rings. The highest BCUT2D eigenvalue weighted by molar-refractivity contribution is 5.87. The van der Waals surface area contributed by atoms with Gasteiger partial charge in [-0.1, -0.05) is 6.92 Å². The summed E-state index contributed by atoms with van der Waals surface area (Å²) in [4.78, 5) is 12.4. The van der Waals surface area contributed by atoms with Crippen molar-refractivity contribution in [1.29, 1.82) is 0 Å². The normalized spacial score (nSPS) is 42.3. The molecular formula is C13H20O3. The summed E-state index contributed by atoms with van der Waals surface area (Å²) >= 11 is 0. The van der Waals surface area contributed by atoms with Crippen LogP contribution in [0.2, 0.25) is 0 Å². The van der Waals surface area contributed by atoms with E-state index in [0.717, 1.165) is 38.5 Å². The molecule has 3 fully saturated rings. The first-order valence-electron chi connectivity index (χ1n) is 6.52. The Labute approximate surface area is 96.5 Å². The third kappa shape index (κ3) is 1.13. The molecule has 0 N–H and O–H groups in total. The Morgan fingerprint density at radius 1 is 1.19 bits per heavy atom. The molecule has 0 radical (unpaired) electrons. The minimum atomic E-state index is -0.552. The van der Waals surface area contributed by atoms with Crippen LogP contribution in [0.15, 0.2) is 0 Å². The summed E-state index contributed by atoms with van der Waals surface area (Å²) in [5.41, 5.74) is -0.318. The molecule has 3 nitrogen and oxygen atoms in total. The van der Waals surface area contributed by atoms with Crippen molar-refractivity contribution in [3.05, 3.63) is 0 Å². The highest BCUT2D eigenvalue weighted by atomic mass is 16.7. The molecule has 0 aromatic carbocycles. The smallest absolute Gasteiger partial charge is 0.181 e. The number of Topliss-reactive ketones (excluding diaryl/α,β-unsaturated/α-hetero) is 1. The van der Waals surface area contributed by atoms with Crippen LogP contribution in [-0.2, 0) is 14.3 Å². The zero-order valence-electron chi connectivity index (χ0n) is 9.96. The van der Waals surface area contributed by atoms with Gasteiger partial charge < -0.3 is 9.47 Å². The van der Waals surface area contributed by atoms with Crippen LogP contribution < -0.4 is 0 Å². The Morgan fingerprint density at radius 2 is 1.94 bits per heavy atom. The second kappa shape index (κ2) is 3.54. The Balaban J connectivity index is 2.03. The molecule has 0 aromatic heterocycles. The lowest BCUT2D eigenvalue weighted by Crippen LogP contribution is -2.55. The van der Waals surface area contributed by atoms with Crippen molar-refractivity contribution in [1.82, 2.24) is 0 Å². The minimum absolute atomic E-state index is 0.318. The number of ether oxygens (including phenoxy) is 2. The maximum Gasteiger partial charge on any atom is 0.181 e. The fourth-order valence-electron chi connectivity index (χ4n) is 4.16. The molecule has 16 heavy (non-hydrogen) atoms. The molecule has 0 amide bonds. The van der Waals surface area contributed by atoms with Crippen molar-refractivity contribution < 1.29 is 14.3 Å². The van der Waals surface area contributed by atoms with Crippen molar-refractivity contribution >= 4 is 5.78 Å². The van der Waals surface area contributed by atoms with Gasteiger partial charge in [-0.3, -0.25) is 4.79 Å². The van der Waals surface area contributed by atoms with E-state index in [-0.39, 0.29) is 5.41 Å². The predicted molar refractivity (Wildman–Crippen MR) is 58.9 cm³/mol. The summed E-state index contributed by atoms with van der Waals surface area (Å²) in [6.07, 6.45) is 5.84. The fourth-order valence-corrected chi connectivity index (χ4v) is 4.16. The largest absolute Gasteiger partial charge is 0.346 e. The van der Waals surface area contributed by atoms with Crippen LogP contribution in [0.1, 0.15) is 45.4 Å². The van der Waals surface area contributed by atoms with Crippen LogP contribution in [-0.4, -0.2) is 24.8 Å². The van der Waals surface area contributed by atoms with Gasteiger partial charge in [0, 0.05) is 12.8 Å². The van der Waals surface area contributed by atoms with Crippen molar-refractivity contribution in [2.45, 2.75) is 51.2 Å². The highest BCUT2D eigenvalue weighted by Gasteiger charge is 2.65. The molecule has 1 saturated heterocycles. The van der Waals surface area contributed by atoms with Crippen LogP contribution in [0.3, 0.4) is 0 Å². The van der Waals surface area contributed by atoms with Gasteiger partial charge in [0.1, 0.15) is 5.78 Å². The average Bonchev–Trinajstić information content (AvgIpc) is 2.86. The van der Waals surface area contributed by atoms with Crippen molar-refractivity contribution in [2.75, 3.05) is 13.2 Å². The summed E-state index contributed by atoms with van der Waals surface area (Å²) in [5.74, 6) is 0.254. The van der Waals surface area contributed by atoms with Crippen LogP contribution in [0, 0.1) is 11.3 Å². The van der Waals surface area contributed by atoms with Gasteiger partial charge >= 0.3 is 0 Å². The van der Waals surface area contributed by atoms with Crippen molar-refractivity contribution in [2.24, 2.45) is 11.3 Å². The molecule has 2 spiro atoms. The molecule has 0 aromatic rings. The maximum atomic E-state index is 12.4. The van der Waals surface area contributed by atoms with Crippen LogP contribution >= 0.6 is 0 Å². The van der Waals surface area contributed by atoms with E-state index in [0.29, 0.717) is 24.9 Å².